The highest BCUT2D eigenvalue weighted by molar-refractivity contribution is 6.30. The van der Waals surface area contributed by atoms with Crippen molar-refractivity contribution in [2.24, 2.45) is 0 Å². The Morgan fingerprint density at radius 3 is 2.38 bits per heavy atom. The van der Waals surface area contributed by atoms with Gasteiger partial charge >= 0.3 is 0 Å². The molecule has 0 fully saturated rings. The molecule has 172 valence electrons. The number of benzene rings is 3. The Balaban J connectivity index is 1.75. The van der Waals surface area contributed by atoms with Gasteiger partial charge in [0.05, 0.1) is 17.6 Å². The summed E-state index contributed by atoms with van der Waals surface area (Å²) in [5, 5.41) is 3.32. The van der Waals surface area contributed by atoms with E-state index in [4.69, 9.17) is 11.6 Å². The van der Waals surface area contributed by atoms with E-state index in [0.29, 0.717) is 21.7 Å². The Kier molecular flexibility index (Phi) is 6.75. The second-order valence-corrected chi connectivity index (χ2v) is 8.34. The second kappa shape index (κ2) is 9.89. The lowest BCUT2D eigenvalue weighted by atomic mass is 10.1. The minimum atomic E-state index is -0.520. The van der Waals surface area contributed by atoms with Gasteiger partial charge in [0.1, 0.15) is 6.54 Å². The Labute approximate surface area is 201 Å². The fourth-order valence-electron chi connectivity index (χ4n) is 3.68. The van der Waals surface area contributed by atoms with Crippen molar-refractivity contribution in [3.05, 3.63) is 99.3 Å². The zero-order chi connectivity index (χ0) is 24.2. The van der Waals surface area contributed by atoms with E-state index < -0.39 is 5.56 Å². The zero-order valence-electron chi connectivity index (χ0n) is 18.8. The number of para-hydroxylation sites is 2. The van der Waals surface area contributed by atoms with E-state index >= 15 is 0 Å². The van der Waals surface area contributed by atoms with Crippen LogP contribution >= 0.6 is 11.6 Å². The first-order chi connectivity index (χ1) is 16.3. The van der Waals surface area contributed by atoms with Crippen molar-refractivity contribution in [2.45, 2.75) is 26.9 Å². The third kappa shape index (κ3) is 5.00. The molecule has 0 bridgehead atoms. The lowest BCUT2D eigenvalue weighted by molar-refractivity contribution is -0.117. The minimum absolute atomic E-state index is 0.0197. The largest absolute Gasteiger partial charge is 0.325 e. The molecular weight excluding hydrogens is 452 g/mol. The first kappa shape index (κ1) is 23.2. The smallest absolute Gasteiger partial charge is 0.294 e. The molecule has 7 nitrogen and oxygen atoms in total. The molecule has 4 rings (SSSR count). The van der Waals surface area contributed by atoms with Crippen molar-refractivity contribution in [1.29, 1.82) is 0 Å². The van der Waals surface area contributed by atoms with Gasteiger partial charge in [-0.2, -0.15) is 0 Å². The van der Waals surface area contributed by atoms with E-state index in [2.05, 4.69) is 10.3 Å². The lowest BCUT2D eigenvalue weighted by Gasteiger charge is -2.22. The van der Waals surface area contributed by atoms with E-state index in [1.54, 1.807) is 48.5 Å². The molecule has 0 aliphatic heterocycles. The molecule has 0 saturated heterocycles. The summed E-state index contributed by atoms with van der Waals surface area (Å²) in [7, 11) is 0. The number of anilines is 2. The summed E-state index contributed by atoms with van der Waals surface area (Å²) in [5.74, 6) is -0.728. The van der Waals surface area contributed by atoms with Crippen molar-refractivity contribution >= 4 is 46.0 Å². The average molecular weight is 475 g/mol. The summed E-state index contributed by atoms with van der Waals surface area (Å²) < 4.78 is 1.34. The van der Waals surface area contributed by atoms with Gasteiger partial charge in [0.15, 0.2) is 0 Å². The van der Waals surface area contributed by atoms with Gasteiger partial charge in [-0.1, -0.05) is 48.0 Å². The number of amides is 2. The molecule has 2 amide bonds. The Morgan fingerprint density at radius 1 is 1.00 bits per heavy atom. The van der Waals surface area contributed by atoms with Gasteiger partial charge in [-0.15, -0.1) is 0 Å². The number of aryl methyl sites for hydroxylation is 1. The first-order valence-electron chi connectivity index (χ1n) is 10.7. The van der Waals surface area contributed by atoms with Gasteiger partial charge in [0, 0.05) is 17.6 Å². The highest BCUT2D eigenvalue weighted by Crippen LogP contribution is 2.19. The standard InChI is InChI=1S/C26H23ClN4O3/c1-17-7-3-4-8-19(17)15-30(18(2)32)25-26(34)31(23-10-6-5-9-22(23)29-25)16-24(33)28-21-13-11-20(27)12-14-21/h3-14H,15-16H2,1-2H3,(H,28,33). The van der Waals surface area contributed by atoms with Gasteiger partial charge in [-0.3, -0.25) is 23.9 Å². The zero-order valence-corrected chi connectivity index (χ0v) is 19.5. The number of nitrogens with zero attached hydrogens (tertiary/aromatic N) is 3. The molecule has 0 radical (unpaired) electrons. The van der Waals surface area contributed by atoms with Crippen LogP contribution in [0.15, 0.2) is 77.6 Å². The number of rotatable bonds is 6. The average Bonchev–Trinajstić information content (AvgIpc) is 2.82. The molecule has 0 aliphatic rings. The maximum atomic E-state index is 13.5. The van der Waals surface area contributed by atoms with Crippen LogP contribution in [-0.2, 0) is 22.7 Å². The van der Waals surface area contributed by atoms with Gasteiger partial charge in [-0.25, -0.2) is 4.98 Å². The van der Waals surface area contributed by atoms with Crippen LogP contribution in [0.5, 0.6) is 0 Å². The van der Waals surface area contributed by atoms with Gasteiger partial charge in [0.2, 0.25) is 17.6 Å². The summed E-state index contributed by atoms with van der Waals surface area (Å²) in [6, 6.07) is 21.4. The number of carbonyl (C=O) groups excluding carboxylic acids is 2. The maximum absolute atomic E-state index is 13.5. The SMILES string of the molecule is CC(=O)N(Cc1ccccc1C)c1nc2ccccc2n(CC(=O)Nc2ccc(Cl)cc2)c1=O. The van der Waals surface area contributed by atoms with Crippen molar-refractivity contribution in [3.8, 4) is 0 Å². The number of hydrogen-bond donors (Lipinski definition) is 1. The molecule has 3 aromatic carbocycles. The molecule has 8 heteroatoms. The molecule has 1 aromatic heterocycles. The predicted molar refractivity (Wildman–Crippen MR) is 134 cm³/mol. The first-order valence-corrected chi connectivity index (χ1v) is 11.1. The number of fused-ring (bicyclic) bond motifs is 1. The molecule has 1 heterocycles. The number of carbonyl (C=O) groups is 2. The lowest BCUT2D eigenvalue weighted by Crippen LogP contribution is -2.38. The van der Waals surface area contributed by atoms with Crippen molar-refractivity contribution in [2.75, 3.05) is 10.2 Å². The van der Waals surface area contributed by atoms with E-state index in [-0.39, 0.29) is 30.7 Å². The molecule has 0 spiro atoms. The van der Waals surface area contributed by atoms with Crippen LogP contribution in [0.2, 0.25) is 5.02 Å². The fraction of sp³-hybridized carbons (Fsp3) is 0.154. The molecule has 1 N–H and O–H groups in total. The van der Waals surface area contributed by atoms with E-state index in [1.165, 1.54) is 16.4 Å². The van der Waals surface area contributed by atoms with Crippen LogP contribution in [0.4, 0.5) is 11.5 Å². The number of hydrogen-bond acceptors (Lipinski definition) is 4. The number of nitrogens with one attached hydrogen (secondary N) is 1. The molecule has 4 aromatic rings. The Hall–Kier alpha value is -3.97. The summed E-state index contributed by atoms with van der Waals surface area (Å²) in [6.45, 7) is 3.29. The number of aromatic nitrogens is 2. The van der Waals surface area contributed by atoms with Crippen LogP contribution in [-0.4, -0.2) is 21.4 Å². The normalized spacial score (nSPS) is 10.8. The molecule has 0 atom stereocenters. The molecule has 0 unspecified atom stereocenters. The molecule has 0 saturated carbocycles. The summed E-state index contributed by atoms with van der Waals surface area (Å²) in [6.07, 6.45) is 0. The summed E-state index contributed by atoms with van der Waals surface area (Å²) in [4.78, 5) is 44.8. The van der Waals surface area contributed by atoms with Crippen LogP contribution in [0.1, 0.15) is 18.1 Å². The third-order valence-corrected chi connectivity index (χ3v) is 5.74. The van der Waals surface area contributed by atoms with Crippen LogP contribution in [0.25, 0.3) is 11.0 Å². The predicted octanol–water partition coefficient (Wildman–Crippen LogP) is 4.55. The molecule has 0 aliphatic carbocycles. The number of halogens is 1. The van der Waals surface area contributed by atoms with Gasteiger partial charge < -0.3 is 5.32 Å². The van der Waals surface area contributed by atoms with Crippen molar-refractivity contribution < 1.29 is 9.59 Å². The molecular formula is C26H23ClN4O3. The monoisotopic (exact) mass is 474 g/mol. The Bertz CT molecular complexity index is 1430. The fourth-order valence-corrected chi connectivity index (χ4v) is 3.81. The highest BCUT2D eigenvalue weighted by Gasteiger charge is 2.22. The topological polar surface area (TPSA) is 84.3 Å². The van der Waals surface area contributed by atoms with E-state index in [9.17, 15) is 14.4 Å². The van der Waals surface area contributed by atoms with Crippen molar-refractivity contribution in [3.63, 3.8) is 0 Å². The van der Waals surface area contributed by atoms with Gasteiger partial charge in [-0.05, 0) is 54.4 Å². The maximum Gasteiger partial charge on any atom is 0.294 e. The summed E-state index contributed by atoms with van der Waals surface area (Å²) in [5.41, 5.74) is 2.95. The van der Waals surface area contributed by atoms with Crippen LogP contribution in [0.3, 0.4) is 0 Å². The minimum Gasteiger partial charge on any atom is -0.325 e. The van der Waals surface area contributed by atoms with Crippen molar-refractivity contribution in [1.82, 2.24) is 9.55 Å². The second-order valence-electron chi connectivity index (χ2n) is 7.90. The molecule has 34 heavy (non-hydrogen) atoms. The quantitative estimate of drug-likeness (QED) is 0.444. The highest BCUT2D eigenvalue weighted by atomic mass is 35.5. The van der Waals surface area contributed by atoms with E-state index in [1.807, 2.05) is 31.2 Å². The third-order valence-electron chi connectivity index (χ3n) is 5.49. The van der Waals surface area contributed by atoms with Crippen LogP contribution < -0.4 is 15.8 Å². The Morgan fingerprint density at radius 2 is 1.68 bits per heavy atom. The van der Waals surface area contributed by atoms with Crippen LogP contribution in [0, 0.1) is 6.92 Å². The van der Waals surface area contributed by atoms with Gasteiger partial charge in [0.25, 0.3) is 5.56 Å². The summed E-state index contributed by atoms with van der Waals surface area (Å²) >= 11 is 5.91. The van der Waals surface area contributed by atoms with E-state index in [0.717, 1.165) is 11.1 Å².